The average molecular weight is 175 g/mol. The van der Waals surface area contributed by atoms with Crippen LogP contribution < -0.4 is 0 Å². The van der Waals surface area contributed by atoms with Crippen LogP contribution in [0.1, 0.15) is 26.7 Å². The molecular formula is C12H17N. The molecule has 1 aliphatic heterocycles. The second-order valence-electron chi connectivity index (χ2n) is 3.88. The molecule has 0 aromatic rings. The van der Waals surface area contributed by atoms with Gasteiger partial charge in [-0.1, -0.05) is 0 Å². The molecule has 1 saturated heterocycles. The first kappa shape index (κ1) is 10.2. The van der Waals surface area contributed by atoms with Crippen molar-refractivity contribution in [3.05, 3.63) is 0 Å². The van der Waals surface area contributed by atoms with E-state index in [4.69, 9.17) is 0 Å². The fourth-order valence-corrected chi connectivity index (χ4v) is 1.94. The molecule has 0 aromatic carbocycles. The summed E-state index contributed by atoms with van der Waals surface area (Å²) >= 11 is 0. The molecule has 0 radical (unpaired) electrons. The van der Waals surface area contributed by atoms with E-state index in [9.17, 15) is 0 Å². The first-order chi connectivity index (χ1) is 6.22. The van der Waals surface area contributed by atoms with Gasteiger partial charge >= 0.3 is 0 Å². The zero-order chi connectivity index (χ0) is 9.73. The summed E-state index contributed by atoms with van der Waals surface area (Å²) < 4.78 is 0. The van der Waals surface area contributed by atoms with E-state index in [1.54, 1.807) is 0 Å². The number of hydrogen-bond acceptors (Lipinski definition) is 1. The van der Waals surface area contributed by atoms with E-state index in [0.29, 0.717) is 5.41 Å². The lowest BCUT2D eigenvalue weighted by molar-refractivity contribution is 0.0313. The van der Waals surface area contributed by atoms with E-state index < -0.39 is 0 Å². The Kier molecular flexibility index (Phi) is 3.40. The number of likely N-dealkylation sites (tertiary alicyclic amines) is 1. The molecule has 70 valence electrons. The van der Waals surface area contributed by atoms with E-state index in [1.807, 2.05) is 13.8 Å². The van der Waals surface area contributed by atoms with Gasteiger partial charge in [0.2, 0.25) is 0 Å². The minimum Gasteiger partial charge on any atom is -0.305 e. The summed E-state index contributed by atoms with van der Waals surface area (Å²) in [4.78, 5) is 2.33. The van der Waals surface area contributed by atoms with Crippen molar-refractivity contribution in [3.8, 4) is 23.7 Å². The first-order valence-electron chi connectivity index (χ1n) is 4.70. The molecule has 0 N–H and O–H groups in total. The van der Waals surface area contributed by atoms with Gasteiger partial charge in [0.05, 0.1) is 0 Å². The van der Waals surface area contributed by atoms with E-state index >= 15 is 0 Å². The van der Waals surface area contributed by atoms with Crippen molar-refractivity contribution in [2.45, 2.75) is 26.7 Å². The lowest BCUT2D eigenvalue weighted by Crippen LogP contribution is -2.53. The number of hydrogen-bond donors (Lipinski definition) is 0. The maximum atomic E-state index is 3.18. The van der Waals surface area contributed by atoms with Crippen molar-refractivity contribution >= 4 is 0 Å². The zero-order valence-corrected chi connectivity index (χ0v) is 8.78. The van der Waals surface area contributed by atoms with Crippen LogP contribution in [0.3, 0.4) is 0 Å². The highest BCUT2D eigenvalue weighted by molar-refractivity contribution is 5.11. The maximum absolute atomic E-state index is 3.18. The van der Waals surface area contributed by atoms with Crippen LogP contribution in [0.5, 0.6) is 0 Å². The van der Waals surface area contributed by atoms with Crippen molar-refractivity contribution in [3.63, 3.8) is 0 Å². The first-order valence-corrected chi connectivity index (χ1v) is 4.70. The van der Waals surface area contributed by atoms with E-state index in [0.717, 1.165) is 25.9 Å². The van der Waals surface area contributed by atoms with Crippen LogP contribution in [0.15, 0.2) is 0 Å². The number of nitrogens with zero attached hydrogens (tertiary/aromatic N) is 1. The fourth-order valence-electron chi connectivity index (χ4n) is 1.94. The highest BCUT2D eigenvalue weighted by Gasteiger charge is 2.39. The molecule has 1 nitrogen and oxygen atoms in total. The Morgan fingerprint density at radius 2 is 1.54 bits per heavy atom. The summed E-state index contributed by atoms with van der Waals surface area (Å²) in [6, 6.07) is 0. The van der Waals surface area contributed by atoms with E-state index in [2.05, 4.69) is 35.6 Å². The van der Waals surface area contributed by atoms with Gasteiger partial charge in [-0.2, -0.15) is 0 Å². The summed E-state index contributed by atoms with van der Waals surface area (Å²) in [5.41, 5.74) is 0.376. The smallest absolute Gasteiger partial charge is 0.0179 e. The Hall–Kier alpha value is -0.920. The minimum absolute atomic E-state index is 0.376. The summed E-state index contributed by atoms with van der Waals surface area (Å²) in [6.45, 7) is 6.11. The quantitative estimate of drug-likeness (QED) is 0.578. The van der Waals surface area contributed by atoms with Crippen LogP contribution in [-0.2, 0) is 0 Å². The highest BCUT2D eigenvalue weighted by atomic mass is 15.2. The molecular weight excluding hydrogens is 158 g/mol. The van der Waals surface area contributed by atoms with Crippen LogP contribution in [0.2, 0.25) is 0 Å². The Morgan fingerprint density at radius 3 is 1.85 bits per heavy atom. The standard InChI is InChI=1S/C12H17N/c1-4-6-8-12(9-7-5-2)10-13(3)11-12/h8-11H2,1-3H3. The van der Waals surface area contributed by atoms with E-state index in [-0.39, 0.29) is 0 Å². The Bertz CT molecular complexity index is 252. The van der Waals surface area contributed by atoms with Gasteiger partial charge < -0.3 is 4.90 Å². The summed E-state index contributed by atoms with van der Waals surface area (Å²) in [6.07, 6.45) is 2.00. The van der Waals surface area contributed by atoms with Gasteiger partial charge in [0.15, 0.2) is 0 Å². The molecule has 0 saturated carbocycles. The van der Waals surface area contributed by atoms with Gasteiger partial charge in [-0.05, 0) is 20.9 Å². The second-order valence-corrected chi connectivity index (χ2v) is 3.88. The third kappa shape index (κ3) is 2.51. The predicted molar refractivity (Wildman–Crippen MR) is 56.1 cm³/mol. The van der Waals surface area contributed by atoms with Gasteiger partial charge in [-0.25, -0.2) is 0 Å². The molecule has 0 amide bonds. The number of rotatable bonds is 2. The van der Waals surface area contributed by atoms with Crippen LogP contribution in [0, 0.1) is 29.1 Å². The third-order valence-corrected chi connectivity index (χ3v) is 2.49. The third-order valence-electron chi connectivity index (χ3n) is 2.49. The lowest BCUT2D eigenvalue weighted by atomic mass is 9.75. The molecule has 0 atom stereocenters. The van der Waals surface area contributed by atoms with E-state index in [1.165, 1.54) is 0 Å². The molecule has 1 rings (SSSR count). The van der Waals surface area contributed by atoms with Crippen LogP contribution >= 0.6 is 0 Å². The molecule has 1 aliphatic rings. The molecule has 1 heterocycles. The normalized spacial score (nSPS) is 19.0. The fraction of sp³-hybridized carbons (Fsp3) is 0.667. The lowest BCUT2D eigenvalue weighted by Gasteiger charge is -2.47. The van der Waals surface area contributed by atoms with Crippen LogP contribution in [-0.4, -0.2) is 25.0 Å². The minimum atomic E-state index is 0.376. The monoisotopic (exact) mass is 175 g/mol. The van der Waals surface area contributed by atoms with Crippen molar-refractivity contribution < 1.29 is 0 Å². The van der Waals surface area contributed by atoms with Gasteiger partial charge in [0.1, 0.15) is 0 Å². The molecule has 13 heavy (non-hydrogen) atoms. The van der Waals surface area contributed by atoms with Crippen molar-refractivity contribution in [1.82, 2.24) is 4.90 Å². The maximum Gasteiger partial charge on any atom is 0.0179 e. The Morgan fingerprint density at radius 1 is 1.08 bits per heavy atom. The predicted octanol–water partition coefficient (Wildman–Crippen LogP) is 1.74. The highest BCUT2D eigenvalue weighted by Crippen LogP contribution is 2.35. The molecule has 0 bridgehead atoms. The van der Waals surface area contributed by atoms with Gasteiger partial charge in [0, 0.05) is 31.3 Å². The summed E-state index contributed by atoms with van der Waals surface area (Å²) in [5.74, 6) is 12.3. The molecule has 1 heteroatoms. The molecule has 0 spiro atoms. The molecule has 0 aliphatic carbocycles. The van der Waals surface area contributed by atoms with Gasteiger partial charge in [0.25, 0.3) is 0 Å². The molecule has 0 unspecified atom stereocenters. The molecule has 0 aromatic heterocycles. The van der Waals surface area contributed by atoms with Gasteiger partial charge in [-0.3, -0.25) is 0 Å². The molecule has 1 fully saturated rings. The zero-order valence-electron chi connectivity index (χ0n) is 8.78. The summed E-state index contributed by atoms with van der Waals surface area (Å²) in [7, 11) is 2.15. The topological polar surface area (TPSA) is 3.24 Å². The average Bonchev–Trinajstić information content (AvgIpc) is 2.08. The van der Waals surface area contributed by atoms with Gasteiger partial charge in [-0.15, -0.1) is 23.7 Å². The van der Waals surface area contributed by atoms with Crippen molar-refractivity contribution in [1.29, 1.82) is 0 Å². The SMILES string of the molecule is CC#CCC1(CC#CC)CN(C)C1. The Labute approximate surface area is 81.5 Å². The van der Waals surface area contributed by atoms with Crippen molar-refractivity contribution in [2.75, 3.05) is 20.1 Å². The van der Waals surface area contributed by atoms with Crippen LogP contribution in [0.4, 0.5) is 0 Å². The largest absolute Gasteiger partial charge is 0.305 e. The Balaban J connectivity index is 2.52. The second kappa shape index (κ2) is 4.35. The van der Waals surface area contributed by atoms with Crippen LogP contribution in [0.25, 0.3) is 0 Å². The summed E-state index contributed by atoms with van der Waals surface area (Å²) in [5, 5.41) is 0. The van der Waals surface area contributed by atoms with Crippen molar-refractivity contribution in [2.24, 2.45) is 5.41 Å².